The molecule has 2 rings (SSSR count). The lowest BCUT2D eigenvalue weighted by Crippen LogP contribution is -1.92. The van der Waals surface area contributed by atoms with E-state index < -0.39 is 0 Å². The van der Waals surface area contributed by atoms with E-state index in [1.165, 1.54) is 18.3 Å². The highest BCUT2D eigenvalue weighted by Gasteiger charge is 2.05. The molecule has 0 aliphatic carbocycles. The van der Waals surface area contributed by atoms with Gasteiger partial charge in [0.1, 0.15) is 10.9 Å². The maximum absolute atomic E-state index is 11.2. The summed E-state index contributed by atoms with van der Waals surface area (Å²) < 4.78 is 0. The van der Waals surface area contributed by atoms with E-state index in [1.54, 1.807) is 24.5 Å². The van der Waals surface area contributed by atoms with Crippen molar-refractivity contribution in [1.82, 2.24) is 4.98 Å². The molecule has 78 valence electrons. The van der Waals surface area contributed by atoms with E-state index in [-0.39, 0.29) is 5.78 Å². The van der Waals surface area contributed by atoms with Crippen molar-refractivity contribution >= 4 is 17.1 Å². The van der Waals surface area contributed by atoms with Crippen molar-refractivity contribution in [2.75, 3.05) is 0 Å². The second-order valence-corrected chi connectivity index (χ2v) is 4.38. The minimum absolute atomic E-state index is 0.00795. The molecule has 0 unspecified atom stereocenters. The third kappa shape index (κ3) is 2.00. The van der Waals surface area contributed by atoms with Gasteiger partial charge in [0.25, 0.3) is 0 Å². The molecule has 2 aromatic rings. The molecule has 16 heavy (non-hydrogen) atoms. The van der Waals surface area contributed by atoms with Crippen LogP contribution in [0.3, 0.4) is 0 Å². The molecule has 0 saturated carbocycles. The fourth-order valence-corrected chi connectivity index (χ4v) is 2.10. The zero-order chi connectivity index (χ0) is 11.5. The van der Waals surface area contributed by atoms with Crippen molar-refractivity contribution in [3.8, 4) is 16.5 Å². The van der Waals surface area contributed by atoms with Gasteiger partial charge in [0.15, 0.2) is 5.78 Å². The van der Waals surface area contributed by atoms with Crippen LogP contribution in [-0.2, 0) is 0 Å². The lowest BCUT2D eigenvalue weighted by molar-refractivity contribution is 0.101. The third-order valence-corrected chi connectivity index (χ3v) is 3.18. The van der Waals surface area contributed by atoms with Gasteiger partial charge in [-0.2, -0.15) is 5.26 Å². The number of nitrogens with zero attached hydrogens (tertiary/aromatic N) is 2. The van der Waals surface area contributed by atoms with Crippen LogP contribution in [0.15, 0.2) is 30.6 Å². The monoisotopic (exact) mass is 228 g/mol. The normalized spacial score (nSPS) is 9.75. The van der Waals surface area contributed by atoms with Crippen molar-refractivity contribution in [2.45, 2.75) is 6.92 Å². The lowest BCUT2D eigenvalue weighted by Gasteiger charge is -1.98. The Kier molecular flexibility index (Phi) is 2.80. The topological polar surface area (TPSA) is 53.8 Å². The first kappa shape index (κ1) is 10.5. The summed E-state index contributed by atoms with van der Waals surface area (Å²) in [5.41, 5.74) is 1.46. The molecular formula is C12H8N2OS. The Morgan fingerprint density at radius 3 is 2.88 bits per heavy atom. The van der Waals surface area contributed by atoms with Crippen molar-refractivity contribution in [1.29, 1.82) is 5.26 Å². The van der Waals surface area contributed by atoms with Gasteiger partial charge in [0.2, 0.25) is 0 Å². The Morgan fingerprint density at radius 2 is 2.25 bits per heavy atom. The zero-order valence-electron chi connectivity index (χ0n) is 8.60. The Labute approximate surface area is 97.0 Å². The average molecular weight is 228 g/mol. The van der Waals surface area contributed by atoms with E-state index in [9.17, 15) is 4.79 Å². The molecule has 2 heterocycles. The molecule has 0 aliphatic heterocycles. The first-order chi connectivity index (χ1) is 7.70. The minimum atomic E-state index is -0.00795. The predicted octanol–water partition coefficient (Wildman–Crippen LogP) is 2.88. The summed E-state index contributed by atoms with van der Waals surface area (Å²) >= 11 is 1.39. The number of thiophene rings is 1. The molecule has 2 aromatic heterocycles. The average Bonchev–Trinajstić information content (AvgIpc) is 2.77. The zero-order valence-corrected chi connectivity index (χ0v) is 9.41. The van der Waals surface area contributed by atoms with Crippen molar-refractivity contribution in [3.05, 3.63) is 41.0 Å². The smallest absolute Gasteiger partial charge is 0.161 e. The highest BCUT2D eigenvalue weighted by molar-refractivity contribution is 7.16. The quantitative estimate of drug-likeness (QED) is 0.742. The number of aromatic nitrogens is 1. The summed E-state index contributed by atoms with van der Waals surface area (Å²) in [4.78, 5) is 16.8. The summed E-state index contributed by atoms with van der Waals surface area (Å²) in [5, 5.41) is 8.73. The number of ketones is 1. The van der Waals surface area contributed by atoms with E-state index in [1.807, 2.05) is 6.07 Å². The van der Waals surface area contributed by atoms with Gasteiger partial charge in [-0.3, -0.25) is 9.78 Å². The second-order valence-electron chi connectivity index (χ2n) is 3.29. The standard InChI is InChI=1S/C12H8N2OS/c1-8(15)9-4-10(7-14-6-9)12-3-2-11(5-13)16-12/h2-4,6-7H,1H3. The fourth-order valence-electron chi connectivity index (χ4n) is 1.32. The van der Waals surface area contributed by atoms with Crippen LogP contribution in [0.4, 0.5) is 0 Å². The maximum atomic E-state index is 11.2. The predicted molar refractivity (Wildman–Crippen MR) is 62.3 cm³/mol. The summed E-state index contributed by atoms with van der Waals surface area (Å²) in [6.45, 7) is 1.51. The minimum Gasteiger partial charge on any atom is -0.294 e. The molecular weight excluding hydrogens is 220 g/mol. The summed E-state index contributed by atoms with van der Waals surface area (Å²) in [5.74, 6) is -0.00795. The number of carbonyl (C=O) groups is 1. The highest BCUT2D eigenvalue weighted by Crippen LogP contribution is 2.27. The van der Waals surface area contributed by atoms with Crippen LogP contribution in [0, 0.1) is 11.3 Å². The van der Waals surface area contributed by atoms with Crippen molar-refractivity contribution in [3.63, 3.8) is 0 Å². The molecule has 0 atom stereocenters. The number of pyridine rings is 1. The summed E-state index contributed by atoms with van der Waals surface area (Å²) in [6.07, 6.45) is 3.24. The van der Waals surface area contributed by atoms with Gasteiger partial charge in [0.05, 0.1) is 0 Å². The molecule has 0 saturated heterocycles. The Hall–Kier alpha value is -1.99. The summed E-state index contributed by atoms with van der Waals surface area (Å²) in [6, 6.07) is 7.51. The van der Waals surface area contributed by atoms with E-state index >= 15 is 0 Å². The van der Waals surface area contributed by atoms with Gasteiger partial charge in [-0.25, -0.2) is 0 Å². The number of hydrogen-bond donors (Lipinski definition) is 0. The summed E-state index contributed by atoms with van der Waals surface area (Å²) in [7, 11) is 0. The van der Waals surface area contributed by atoms with Gasteiger partial charge in [0, 0.05) is 28.4 Å². The number of carbonyl (C=O) groups excluding carboxylic acids is 1. The molecule has 0 bridgehead atoms. The second kappa shape index (κ2) is 4.25. The Bertz CT molecular complexity index is 581. The Balaban J connectivity index is 2.44. The van der Waals surface area contributed by atoms with Gasteiger partial charge in [-0.15, -0.1) is 11.3 Å². The molecule has 3 nitrogen and oxygen atoms in total. The van der Waals surface area contributed by atoms with Crippen LogP contribution in [0.25, 0.3) is 10.4 Å². The van der Waals surface area contributed by atoms with Crippen LogP contribution >= 0.6 is 11.3 Å². The van der Waals surface area contributed by atoms with Crippen LogP contribution in [-0.4, -0.2) is 10.8 Å². The molecule has 0 N–H and O–H groups in total. The number of nitriles is 1. The molecule has 0 spiro atoms. The number of hydrogen-bond acceptors (Lipinski definition) is 4. The van der Waals surface area contributed by atoms with Gasteiger partial charge >= 0.3 is 0 Å². The number of rotatable bonds is 2. The van der Waals surface area contributed by atoms with Crippen LogP contribution < -0.4 is 0 Å². The third-order valence-electron chi connectivity index (χ3n) is 2.15. The van der Waals surface area contributed by atoms with Crippen molar-refractivity contribution in [2.24, 2.45) is 0 Å². The maximum Gasteiger partial charge on any atom is 0.161 e. The molecule has 0 radical (unpaired) electrons. The highest BCUT2D eigenvalue weighted by atomic mass is 32.1. The molecule has 0 aromatic carbocycles. The first-order valence-electron chi connectivity index (χ1n) is 4.67. The van der Waals surface area contributed by atoms with Crippen molar-refractivity contribution < 1.29 is 4.79 Å². The fraction of sp³-hybridized carbons (Fsp3) is 0.0833. The van der Waals surface area contributed by atoms with Crippen LogP contribution in [0.1, 0.15) is 22.2 Å². The Morgan fingerprint density at radius 1 is 1.44 bits per heavy atom. The van der Waals surface area contributed by atoms with E-state index in [0.29, 0.717) is 10.4 Å². The SMILES string of the molecule is CC(=O)c1cncc(-c2ccc(C#N)s2)c1. The largest absolute Gasteiger partial charge is 0.294 e. The lowest BCUT2D eigenvalue weighted by atomic mass is 10.1. The molecule has 4 heteroatoms. The van der Waals surface area contributed by atoms with E-state index in [0.717, 1.165) is 10.4 Å². The number of Topliss-reactive ketones (excluding diaryl/α,β-unsaturated/α-hetero) is 1. The van der Waals surface area contributed by atoms with E-state index in [2.05, 4.69) is 11.1 Å². The molecule has 0 amide bonds. The molecule has 0 aliphatic rings. The first-order valence-corrected chi connectivity index (χ1v) is 5.48. The van der Waals surface area contributed by atoms with E-state index in [4.69, 9.17) is 5.26 Å². The van der Waals surface area contributed by atoms with Crippen LogP contribution in [0.5, 0.6) is 0 Å². The molecule has 0 fully saturated rings. The van der Waals surface area contributed by atoms with Gasteiger partial charge < -0.3 is 0 Å². The van der Waals surface area contributed by atoms with Crippen LogP contribution in [0.2, 0.25) is 0 Å². The van der Waals surface area contributed by atoms with Gasteiger partial charge in [-0.1, -0.05) is 0 Å². The van der Waals surface area contributed by atoms with Gasteiger partial charge in [-0.05, 0) is 25.1 Å².